The van der Waals surface area contributed by atoms with Gasteiger partial charge in [0.25, 0.3) is 0 Å². The third-order valence-corrected chi connectivity index (χ3v) is 2.43. The molecule has 1 saturated heterocycles. The molecule has 0 spiro atoms. The number of anilines is 2. The van der Waals surface area contributed by atoms with E-state index in [9.17, 15) is 0 Å². The molecule has 1 fully saturated rings. The zero-order chi connectivity index (χ0) is 9.26. The maximum absolute atomic E-state index is 5.46. The molecule has 13 heavy (non-hydrogen) atoms. The van der Waals surface area contributed by atoms with Crippen LogP contribution in [-0.2, 0) is 0 Å². The van der Waals surface area contributed by atoms with E-state index >= 15 is 0 Å². The molecule has 1 atom stereocenters. The molecule has 0 saturated carbocycles. The highest BCUT2D eigenvalue weighted by atomic mass is 15.4. The van der Waals surface area contributed by atoms with E-state index in [1.54, 1.807) is 0 Å². The van der Waals surface area contributed by atoms with Gasteiger partial charge in [0.2, 0.25) is 11.9 Å². The first-order valence-electron chi connectivity index (χ1n) is 4.68. The minimum absolute atomic E-state index is 0.397. The van der Waals surface area contributed by atoms with Gasteiger partial charge in [-0.3, -0.25) is 0 Å². The average molecular weight is 181 g/mol. The lowest BCUT2D eigenvalue weighted by Crippen LogP contribution is -2.34. The van der Waals surface area contributed by atoms with Crippen LogP contribution in [0.4, 0.5) is 11.9 Å². The molecule has 3 N–H and O–H groups in total. The van der Waals surface area contributed by atoms with Crippen LogP contribution in [-0.4, -0.2) is 28.3 Å². The normalized spacial score (nSPS) is 23.5. The Labute approximate surface area is 77.3 Å². The van der Waals surface area contributed by atoms with Crippen LogP contribution < -0.4 is 10.6 Å². The molecule has 1 aliphatic rings. The second kappa shape index (κ2) is 3.24. The van der Waals surface area contributed by atoms with Crippen LogP contribution >= 0.6 is 0 Å². The molecule has 0 amide bonds. The fourth-order valence-electron chi connectivity index (χ4n) is 1.78. The average Bonchev–Trinajstić information content (AvgIpc) is 2.52. The maximum atomic E-state index is 5.46. The number of nitrogens with one attached hydrogen (secondary N) is 1. The predicted molar refractivity (Wildman–Crippen MR) is 51.4 cm³/mol. The molecule has 5 nitrogen and oxygen atoms in total. The second-order valence-corrected chi connectivity index (χ2v) is 3.71. The molecule has 1 aliphatic heterocycles. The summed E-state index contributed by atoms with van der Waals surface area (Å²) in [6.45, 7) is 4.33. The van der Waals surface area contributed by atoms with Gasteiger partial charge < -0.3 is 10.6 Å². The largest absolute Gasteiger partial charge is 0.368 e. The van der Waals surface area contributed by atoms with Gasteiger partial charge in [-0.25, -0.2) is 5.10 Å². The summed E-state index contributed by atoms with van der Waals surface area (Å²) in [4.78, 5) is 6.29. The van der Waals surface area contributed by atoms with E-state index in [-0.39, 0.29) is 0 Å². The lowest BCUT2D eigenvalue weighted by atomic mass is 10.0. The molecule has 1 aromatic rings. The smallest absolute Gasteiger partial charge is 0.246 e. The van der Waals surface area contributed by atoms with Crippen molar-refractivity contribution in [2.75, 3.05) is 23.7 Å². The Morgan fingerprint density at radius 3 is 3.08 bits per heavy atom. The van der Waals surface area contributed by atoms with Crippen LogP contribution in [0.3, 0.4) is 0 Å². The first-order chi connectivity index (χ1) is 6.25. The van der Waals surface area contributed by atoms with E-state index in [0.717, 1.165) is 25.0 Å². The number of rotatable bonds is 1. The van der Waals surface area contributed by atoms with Crippen molar-refractivity contribution in [3.05, 3.63) is 0 Å². The van der Waals surface area contributed by atoms with Gasteiger partial charge in [0.05, 0.1) is 0 Å². The van der Waals surface area contributed by atoms with Crippen molar-refractivity contribution in [2.24, 2.45) is 5.92 Å². The van der Waals surface area contributed by atoms with Crippen LogP contribution in [0, 0.1) is 5.92 Å². The summed E-state index contributed by atoms with van der Waals surface area (Å²) in [6, 6.07) is 0. The molecule has 0 unspecified atom stereocenters. The van der Waals surface area contributed by atoms with E-state index in [1.165, 1.54) is 12.8 Å². The molecule has 0 aromatic carbocycles. The van der Waals surface area contributed by atoms with Crippen molar-refractivity contribution in [2.45, 2.75) is 19.8 Å². The lowest BCUT2D eigenvalue weighted by Gasteiger charge is -2.29. The van der Waals surface area contributed by atoms with Gasteiger partial charge in [-0.15, -0.1) is 5.10 Å². The molecule has 0 radical (unpaired) electrons. The van der Waals surface area contributed by atoms with Gasteiger partial charge in [-0.2, -0.15) is 4.98 Å². The molecule has 2 heterocycles. The van der Waals surface area contributed by atoms with Crippen molar-refractivity contribution in [1.29, 1.82) is 0 Å². The number of aromatic amines is 1. The first kappa shape index (κ1) is 8.34. The number of aromatic nitrogens is 3. The zero-order valence-electron chi connectivity index (χ0n) is 7.82. The summed E-state index contributed by atoms with van der Waals surface area (Å²) in [7, 11) is 0. The van der Waals surface area contributed by atoms with Gasteiger partial charge in [0.15, 0.2) is 0 Å². The fourth-order valence-corrected chi connectivity index (χ4v) is 1.78. The first-order valence-corrected chi connectivity index (χ1v) is 4.68. The molecule has 72 valence electrons. The molecule has 0 aliphatic carbocycles. The lowest BCUT2D eigenvalue weighted by molar-refractivity contribution is 0.442. The van der Waals surface area contributed by atoms with Gasteiger partial charge in [0, 0.05) is 13.1 Å². The van der Waals surface area contributed by atoms with E-state index < -0.39 is 0 Å². The number of H-pyrrole nitrogens is 1. The van der Waals surface area contributed by atoms with Crippen LogP contribution in [0.1, 0.15) is 19.8 Å². The highest BCUT2D eigenvalue weighted by molar-refractivity contribution is 5.34. The summed E-state index contributed by atoms with van der Waals surface area (Å²) in [5, 5.41) is 6.69. The van der Waals surface area contributed by atoms with Crippen molar-refractivity contribution in [3.63, 3.8) is 0 Å². The van der Waals surface area contributed by atoms with Crippen LogP contribution in [0.2, 0.25) is 0 Å². The number of nitrogen functional groups attached to an aromatic ring is 1. The van der Waals surface area contributed by atoms with E-state index in [1.807, 2.05) is 0 Å². The standard InChI is InChI=1S/C8H15N5/c1-6-3-2-4-13(5-6)8-10-7(9)11-12-8/h6H,2-5H2,1H3,(H3,9,10,11,12)/t6-/m1/s1. The molecular formula is C8H15N5. The van der Waals surface area contributed by atoms with Crippen LogP contribution in [0.15, 0.2) is 0 Å². The van der Waals surface area contributed by atoms with Crippen molar-refractivity contribution in [3.8, 4) is 0 Å². The monoisotopic (exact) mass is 181 g/mol. The Kier molecular flexibility index (Phi) is 2.08. The summed E-state index contributed by atoms with van der Waals surface area (Å²) < 4.78 is 0. The zero-order valence-corrected chi connectivity index (χ0v) is 7.82. The Bertz CT molecular complexity index is 282. The van der Waals surface area contributed by atoms with Gasteiger partial charge >= 0.3 is 0 Å². The predicted octanol–water partition coefficient (Wildman–Crippen LogP) is 0.623. The van der Waals surface area contributed by atoms with Crippen molar-refractivity contribution >= 4 is 11.9 Å². The summed E-state index contributed by atoms with van der Waals surface area (Å²) >= 11 is 0. The maximum Gasteiger partial charge on any atom is 0.246 e. The third-order valence-electron chi connectivity index (χ3n) is 2.43. The van der Waals surface area contributed by atoms with E-state index in [4.69, 9.17) is 5.73 Å². The Balaban J connectivity index is 2.08. The molecule has 5 heteroatoms. The molecule has 0 bridgehead atoms. The topological polar surface area (TPSA) is 70.8 Å². The minimum Gasteiger partial charge on any atom is -0.368 e. The van der Waals surface area contributed by atoms with Crippen molar-refractivity contribution in [1.82, 2.24) is 15.2 Å². The second-order valence-electron chi connectivity index (χ2n) is 3.71. The highest BCUT2D eigenvalue weighted by Gasteiger charge is 2.19. The number of hydrogen-bond donors (Lipinski definition) is 2. The van der Waals surface area contributed by atoms with Gasteiger partial charge in [-0.1, -0.05) is 6.92 Å². The van der Waals surface area contributed by atoms with Gasteiger partial charge in [-0.05, 0) is 18.8 Å². The number of nitrogens with two attached hydrogens (primary N) is 1. The van der Waals surface area contributed by atoms with E-state index in [2.05, 4.69) is 27.0 Å². The van der Waals surface area contributed by atoms with Crippen molar-refractivity contribution < 1.29 is 0 Å². The number of nitrogens with zero attached hydrogens (tertiary/aromatic N) is 3. The SMILES string of the molecule is C[C@@H]1CCCN(c2n[nH]c(N)n2)C1. The summed E-state index contributed by atoms with van der Waals surface area (Å²) in [5.41, 5.74) is 5.46. The molecule has 2 rings (SSSR count). The van der Waals surface area contributed by atoms with Crippen LogP contribution in [0.5, 0.6) is 0 Å². The Morgan fingerprint density at radius 1 is 1.62 bits per heavy atom. The highest BCUT2D eigenvalue weighted by Crippen LogP contribution is 2.19. The van der Waals surface area contributed by atoms with E-state index in [0.29, 0.717) is 5.95 Å². The Hall–Kier alpha value is -1.26. The third kappa shape index (κ3) is 1.74. The fraction of sp³-hybridized carbons (Fsp3) is 0.750. The van der Waals surface area contributed by atoms with Crippen LogP contribution in [0.25, 0.3) is 0 Å². The minimum atomic E-state index is 0.397. The quantitative estimate of drug-likeness (QED) is 0.666. The van der Waals surface area contributed by atoms with Gasteiger partial charge in [0.1, 0.15) is 0 Å². The number of hydrogen-bond acceptors (Lipinski definition) is 4. The summed E-state index contributed by atoms with van der Waals surface area (Å²) in [5.74, 6) is 1.87. The molecule has 1 aromatic heterocycles. The Morgan fingerprint density at radius 2 is 2.46 bits per heavy atom. The summed E-state index contributed by atoms with van der Waals surface area (Å²) in [6.07, 6.45) is 2.52. The number of piperidine rings is 1. The molecular weight excluding hydrogens is 166 g/mol.